The van der Waals surface area contributed by atoms with Crippen LogP contribution in [-0.2, 0) is 13.0 Å². The van der Waals surface area contributed by atoms with Crippen molar-refractivity contribution in [2.45, 2.75) is 18.8 Å². The number of nitrogens with zero attached hydrogens (tertiary/aromatic N) is 2. The third-order valence-corrected chi connectivity index (χ3v) is 5.23. The number of aryl methyl sites for hydroxylation is 2. The molecule has 1 heterocycles. The second-order valence-electron chi connectivity index (χ2n) is 6.56. The Labute approximate surface area is 183 Å². The summed E-state index contributed by atoms with van der Waals surface area (Å²) >= 11 is 12.2. The van der Waals surface area contributed by atoms with Crippen LogP contribution in [0.1, 0.15) is 22.5 Å². The van der Waals surface area contributed by atoms with Crippen LogP contribution in [0, 0.1) is 0 Å². The molecule has 0 unspecified atom stereocenters. The lowest BCUT2D eigenvalue weighted by Gasteiger charge is -2.15. The van der Waals surface area contributed by atoms with Crippen LogP contribution in [-0.4, -0.2) is 17.4 Å². The first-order chi connectivity index (χ1) is 14.1. The maximum atomic E-state index is 6.15. The summed E-state index contributed by atoms with van der Waals surface area (Å²) in [4.78, 5) is 4.00. The Balaban J connectivity index is 0.000000169. The van der Waals surface area contributed by atoms with Gasteiger partial charge in [-0.05, 0) is 41.1 Å². The van der Waals surface area contributed by atoms with Crippen molar-refractivity contribution >= 4 is 31.0 Å². The summed E-state index contributed by atoms with van der Waals surface area (Å²) in [5.41, 5.74) is 3.14. The van der Waals surface area contributed by atoms with Crippen molar-refractivity contribution in [1.29, 1.82) is 0 Å². The number of rotatable bonds is 5. The number of hydrogen-bond acceptors (Lipinski definition) is 1. The second-order valence-corrected chi connectivity index (χ2v) is 7.37. The monoisotopic (exact) mass is 418 g/mol. The maximum Gasteiger partial charge on any atom is 0.0946 e. The Morgan fingerprint density at radius 3 is 1.86 bits per heavy atom. The minimum absolute atomic E-state index is 0.289. The van der Waals surface area contributed by atoms with Gasteiger partial charge in [-0.2, -0.15) is 0 Å². The van der Waals surface area contributed by atoms with E-state index in [9.17, 15) is 0 Å². The standard InChI is InChI=1S/C13H9BCl2.C11H12N2/c14-13(9-5-1-3-7-11(9)15)10-6-2-4-8-12(10)16;1-2-4-11(5-3-1)6-8-13-9-7-12-10-13/h1-8,13H;1-5,7,9-10H,6,8H2. The summed E-state index contributed by atoms with van der Waals surface area (Å²) < 4.78 is 2.09. The lowest BCUT2D eigenvalue weighted by molar-refractivity contribution is 0.696. The molecule has 0 fully saturated rings. The fraction of sp³-hybridized carbons (Fsp3) is 0.125. The molecular formula is C24H21BCl2N2. The lowest BCUT2D eigenvalue weighted by Crippen LogP contribution is -2.01. The van der Waals surface area contributed by atoms with E-state index in [0.717, 1.165) is 24.1 Å². The average molecular weight is 419 g/mol. The molecule has 2 nitrogen and oxygen atoms in total. The van der Waals surface area contributed by atoms with Gasteiger partial charge in [0.15, 0.2) is 0 Å². The summed E-state index contributed by atoms with van der Waals surface area (Å²) in [6, 6.07) is 25.6. The highest BCUT2D eigenvalue weighted by molar-refractivity contribution is 6.34. The minimum atomic E-state index is -0.289. The minimum Gasteiger partial charge on any atom is -0.337 e. The molecule has 2 radical (unpaired) electrons. The van der Waals surface area contributed by atoms with Gasteiger partial charge in [-0.1, -0.05) is 89.9 Å². The Kier molecular flexibility index (Phi) is 7.98. The molecule has 0 aliphatic carbocycles. The summed E-state index contributed by atoms with van der Waals surface area (Å²) in [5.74, 6) is -0.289. The largest absolute Gasteiger partial charge is 0.337 e. The van der Waals surface area contributed by atoms with Crippen LogP contribution in [0.25, 0.3) is 0 Å². The first-order valence-electron chi connectivity index (χ1n) is 9.39. The Hall–Kier alpha value is -2.49. The summed E-state index contributed by atoms with van der Waals surface area (Å²) in [6.45, 7) is 1.00. The first kappa shape index (κ1) is 21.2. The molecule has 0 atom stereocenters. The highest BCUT2D eigenvalue weighted by Gasteiger charge is 2.13. The van der Waals surface area contributed by atoms with Gasteiger partial charge in [-0.3, -0.25) is 0 Å². The van der Waals surface area contributed by atoms with Crippen LogP contribution in [0.5, 0.6) is 0 Å². The number of benzene rings is 3. The fourth-order valence-corrected chi connectivity index (χ4v) is 3.45. The first-order valence-corrected chi connectivity index (χ1v) is 10.1. The van der Waals surface area contributed by atoms with E-state index < -0.39 is 0 Å². The van der Waals surface area contributed by atoms with Gasteiger partial charge in [-0.25, -0.2) is 4.98 Å². The van der Waals surface area contributed by atoms with Crippen molar-refractivity contribution in [3.05, 3.63) is 124 Å². The van der Waals surface area contributed by atoms with Crippen LogP contribution in [0.4, 0.5) is 0 Å². The van der Waals surface area contributed by atoms with Crippen LogP contribution in [0.15, 0.2) is 97.6 Å². The molecular weight excluding hydrogens is 398 g/mol. The molecule has 1 aromatic heterocycles. The van der Waals surface area contributed by atoms with E-state index in [4.69, 9.17) is 31.0 Å². The predicted molar refractivity (Wildman–Crippen MR) is 123 cm³/mol. The number of imidazole rings is 1. The number of aromatic nitrogens is 2. The van der Waals surface area contributed by atoms with E-state index in [2.05, 4.69) is 33.8 Å². The maximum absolute atomic E-state index is 6.15. The zero-order chi connectivity index (χ0) is 20.5. The quantitative estimate of drug-likeness (QED) is 0.344. The van der Waals surface area contributed by atoms with Gasteiger partial charge in [0.2, 0.25) is 0 Å². The van der Waals surface area contributed by atoms with E-state index in [1.165, 1.54) is 5.56 Å². The summed E-state index contributed by atoms with van der Waals surface area (Å²) in [5, 5.41) is 1.32. The lowest BCUT2D eigenvalue weighted by atomic mass is 9.76. The van der Waals surface area contributed by atoms with Gasteiger partial charge in [0, 0.05) is 29.0 Å². The van der Waals surface area contributed by atoms with Crippen molar-refractivity contribution in [3.63, 3.8) is 0 Å². The summed E-state index contributed by atoms with van der Waals surface area (Å²) in [7, 11) is 6.15. The van der Waals surface area contributed by atoms with Crippen molar-refractivity contribution in [2.24, 2.45) is 0 Å². The van der Waals surface area contributed by atoms with Crippen LogP contribution in [0.2, 0.25) is 10.0 Å². The predicted octanol–water partition coefficient (Wildman–Crippen LogP) is 6.38. The molecule has 0 saturated carbocycles. The zero-order valence-electron chi connectivity index (χ0n) is 16.0. The Bertz CT molecular complexity index is 959. The molecule has 0 amide bonds. The van der Waals surface area contributed by atoms with Gasteiger partial charge in [-0.15, -0.1) is 0 Å². The fourth-order valence-electron chi connectivity index (χ4n) is 2.94. The van der Waals surface area contributed by atoms with E-state index in [-0.39, 0.29) is 5.82 Å². The molecule has 29 heavy (non-hydrogen) atoms. The van der Waals surface area contributed by atoms with E-state index in [1.807, 2.05) is 73.3 Å². The van der Waals surface area contributed by atoms with Gasteiger partial charge in [0.25, 0.3) is 0 Å². The molecule has 3 aromatic carbocycles. The van der Waals surface area contributed by atoms with Crippen molar-refractivity contribution in [3.8, 4) is 0 Å². The Morgan fingerprint density at radius 2 is 1.34 bits per heavy atom. The number of halogens is 2. The second kappa shape index (κ2) is 10.9. The SMILES string of the molecule is [B]C(c1ccccc1Cl)c1ccccc1Cl.c1ccc(CCn2ccnc2)cc1. The molecule has 144 valence electrons. The highest BCUT2D eigenvalue weighted by Crippen LogP contribution is 2.31. The molecule has 4 aromatic rings. The molecule has 5 heteroatoms. The van der Waals surface area contributed by atoms with Crippen LogP contribution in [0.3, 0.4) is 0 Å². The van der Waals surface area contributed by atoms with Crippen molar-refractivity contribution in [1.82, 2.24) is 9.55 Å². The molecule has 4 rings (SSSR count). The van der Waals surface area contributed by atoms with Gasteiger partial charge in [0.05, 0.1) is 14.2 Å². The van der Waals surface area contributed by atoms with Gasteiger partial charge in [0.1, 0.15) is 0 Å². The van der Waals surface area contributed by atoms with Gasteiger partial charge < -0.3 is 4.57 Å². The Morgan fingerprint density at radius 1 is 0.793 bits per heavy atom. The van der Waals surface area contributed by atoms with E-state index >= 15 is 0 Å². The van der Waals surface area contributed by atoms with Crippen LogP contribution >= 0.6 is 23.2 Å². The van der Waals surface area contributed by atoms with E-state index in [1.54, 1.807) is 0 Å². The smallest absolute Gasteiger partial charge is 0.0946 e. The van der Waals surface area contributed by atoms with E-state index in [0.29, 0.717) is 10.0 Å². The molecule has 0 spiro atoms. The highest BCUT2D eigenvalue weighted by atomic mass is 35.5. The van der Waals surface area contributed by atoms with Crippen molar-refractivity contribution in [2.75, 3.05) is 0 Å². The van der Waals surface area contributed by atoms with Crippen LogP contribution < -0.4 is 0 Å². The summed E-state index contributed by atoms with van der Waals surface area (Å²) in [6.07, 6.45) is 6.72. The molecule has 0 N–H and O–H groups in total. The average Bonchev–Trinajstić information content (AvgIpc) is 3.28. The third-order valence-electron chi connectivity index (χ3n) is 4.54. The van der Waals surface area contributed by atoms with Gasteiger partial charge >= 0.3 is 0 Å². The number of hydrogen-bond donors (Lipinski definition) is 0. The molecule has 0 saturated heterocycles. The molecule has 0 aliphatic rings. The van der Waals surface area contributed by atoms with Crippen molar-refractivity contribution < 1.29 is 0 Å². The molecule has 0 aliphatic heterocycles. The topological polar surface area (TPSA) is 17.8 Å². The normalized spacial score (nSPS) is 10.4. The molecule has 0 bridgehead atoms. The zero-order valence-corrected chi connectivity index (χ0v) is 17.5. The third kappa shape index (κ3) is 6.25.